The van der Waals surface area contributed by atoms with E-state index in [0.717, 1.165) is 4.90 Å². The van der Waals surface area contributed by atoms with Crippen LogP contribution in [-0.2, 0) is 4.79 Å². The second-order valence-electron chi connectivity index (χ2n) is 3.48. The van der Waals surface area contributed by atoms with Gasteiger partial charge in [0, 0.05) is 11.3 Å². The summed E-state index contributed by atoms with van der Waals surface area (Å²) in [4.78, 5) is 13.0. The first-order chi connectivity index (χ1) is 8.27. The topological polar surface area (TPSA) is 20.3 Å². The third-order valence-corrected chi connectivity index (χ3v) is 3.15. The molecule has 0 aliphatic rings. The number of rotatable bonds is 7. The predicted octanol–water partition coefficient (Wildman–Crippen LogP) is 3.67. The summed E-state index contributed by atoms with van der Waals surface area (Å²) in [6, 6.07) is 9.86. The van der Waals surface area contributed by atoms with Gasteiger partial charge >= 0.3 is 0 Å². The van der Waals surface area contributed by atoms with E-state index >= 15 is 0 Å². The molecule has 0 N–H and O–H groups in total. The lowest BCUT2D eigenvalue weighted by Crippen LogP contribution is -2.23. The molecule has 3 heteroatoms. The van der Waals surface area contributed by atoms with Gasteiger partial charge in [0.05, 0.1) is 6.54 Å². The molecule has 0 aliphatic heterocycles. The predicted molar refractivity (Wildman–Crippen MR) is 73.6 cm³/mol. The number of carbonyl (C=O) groups is 1. The minimum absolute atomic E-state index is 0.110. The van der Waals surface area contributed by atoms with Gasteiger partial charge in [-0.2, -0.15) is 0 Å². The van der Waals surface area contributed by atoms with Gasteiger partial charge in [0.25, 0.3) is 0 Å². The number of benzene rings is 1. The van der Waals surface area contributed by atoms with E-state index < -0.39 is 0 Å². The first-order valence-corrected chi connectivity index (χ1v) is 6.30. The van der Waals surface area contributed by atoms with E-state index in [4.69, 9.17) is 0 Å². The van der Waals surface area contributed by atoms with E-state index in [1.807, 2.05) is 30.3 Å². The van der Waals surface area contributed by atoms with Crippen molar-refractivity contribution >= 4 is 17.9 Å². The molecule has 0 bridgehead atoms. The summed E-state index contributed by atoms with van der Waals surface area (Å²) in [6.45, 7) is 7.85. The molecule has 1 rings (SSSR count). The largest absolute Gasteiger partial charge is 0.278 e. The van der Waals surface area contributed by atoms with Gasteiger partial charge in [-0.1, -0.05) is 30.4 Å². The molecule has 2 nitrogen and oxygen atoms in total. The summed E-state index contributed by atoms with van der Waals surface area (Å²) in [7, 11) is 0. The van der Waals surface area contributed by atoms with Crippen LogP contribution in [0, 0.1) is 0 Å². The molecule has 1 aromatic carbocycles. The molecule has 0 spiro atoms. The van der Waals surface area contributed by atoms with Gasteiger partial charge in [0.1, 0.15) is 0 Å². The average molecular weight is 247 g/mol. The van der Waals surface area contributed by atoms with Gasteiger partial charge in [-0.15, -0.1) is 13.2 Å². The maximum Gasteiger partial charge on any atom is 0.233 e. The molecular weight excluding hydrogens is 230 g/mol. The van der Waals surface area contributed by atoms with Gasteiger partial charge < -0.3 is 0 Å². The van der Waals surface area contributed by atoms with Gasteiger partial charge in [0.15, 0.2) is 0 Å². The van der Waals surface area contributed by atoms with Crippen LogP contribution in [-0.4, -0.2) is 16.8 Å². The van der Waals surface area contributed by atoms with Crippen molar-refractivity contribution in [2.45, 2.75) is 17.7 Å². The Balaban J connectivity index is 2.62. The van der Waals surface area contributed by atoms with Crippen molar-refractivity contribution in [3.63, 3.8) is 0 Å². The molecule has 0 fully saturated rings. The monoisotopic (exact) mass is 247 g/mol. The van der Waals surface area contributed by atoms with Crippen molar-refractivity contribution in [3.8, 4) is 0 Å². The van der Waals surface area contributed by atoms with Crippen LogP contribution >= 0.6 is 11.9 Å². The van der Waals surface area contributed by atoms with Crippen molar-refractivity contribution in [1.82, 2.24) is 4.31 Å². The van der Waals surface area contributed by atoms with Gasteiger partial charge in [0.2, 0.25) is 5.91 Å². The number of nitrogens with zero attached hydrogens (tertiary/aromatic N) is 1. The summed E-state index contributed by atoms with van der Waals surface area (Å²) in [5.74, 6) is 0.110. The standard InChI is InChI=1S/C14H17NOS/c1-3-5-11-14(16)15(12-4-2)17-13-9-7-6-8-10-13/h3-4,6-10H,1-2,5,11-12H2. The van der Waals surface area contributed by atoms with E-state index in [9.17, 15) is 4.79 Å². The lowest BCUT2D eigenvalue weighted by molar-refractivity contribution is -0.125. The molecule has 0 saturated heterocycles. The van der Waals surface area contributed by atoms with E-state index in [2.05, 4.69) is 13.2 Å². The van der Waals surface area contributed by atoms with Crippen LogP contribution in [0.4, 0.5) is 0 Å². The summed E-state index contributed by atoms with van der Waals surface area (Å²) < 4.78 is 1.73. The third kappa shape index (κ3) is 4.91. The number of amides is 1. The Morgan fingerprint density at radius 3 is 2.53 bits per heavy atom. The summed E-state index contributed by atoms with van der Waals surface area (Å²) in [6.07, 6.45) is 4.71. The summed E-state index contributed by atoms with van der Waals surface area (Å²) in [5, 5.41) is 0. The molecule has 0 unspecified atom stereocenters. The molecule has 1 aromatic rings. The zero-order valence-electron chi connectivity index (χ0n) is 9.84. The maximum absolute atomic E-state index is 11.9. The van der Waals surface area contributed by atoms with Crippen molar-refractivity contribution in [3.05, 3.63) is 55.6 Å². The van der Waals surface area contributed by atoms with Gasteiger partial charge in [-0.25, -0.2) is 0 Å². The Bertz CT molecular complexity index is 375. The second kappa shape index (κ2) is 7.74. The van der Waals surface area contributed by atoms with Crippen LogP contribution in [0.2, 0.25) is 0 Å². The minimum Gasteiger partial charge on any atom is -0.278 e. The Morgan fingerprint density at radius 2 is 1.94 bits per heavy atom. The first-order valence-electron chi connectivity index (χ1n) is 5.53. The highest BCUT2D eigenvalue weighted by atomic mass is 32.2. The number of hydrogen-bond acceptors (Lipinski definition) is 2. The van der Waals surface area contributed by atoms with Crippen molar-refractivity contribution in [2.24, 2.45) is 0 Å². The maximum atomic E-state index is 11.9. The molecule has 0 heterocycles. The van der Waals surface area contributed by atoms with Crippen LogP contribution in [0.3, 0.4) is 0 Å². The Hall–Kier alpha value is -1.48. The molecule has 0 aromatic heterocycles. The molecule has 0 atom stereocenters. The SMILES string of the molecule is C=CCCC(=O)N(CC=C)Sc1ccccc1. The Morgan fingerprint density at radius 1 is 1.24 bits per heavy atom. The van der Waals surface area contributed by atoms with Crippen LogP contribution < -0.4 is 0 Å². The van der Waals surface area contributed by atoms with Crippen LogP contribution in [0.15, 0.2) is 60.5 Å². The first kappa shape index (κ1) is 13.6. The van der Waals surface area contributed by atoms with Crippen molar-refractivity contribution in [1.29, 1.82) is 0 Å². The van der Waals surface area contributed by atoms with Crippen LogP contribution in [0.1, 0.15) is 12.8 Å². The Kier molecular flexibility index (Phi) is 6.18. The van der Waals surface area contributed by atoms with E-state index in [1.54, 1.807) is 16.5 Å². The van der Waals surface area contributed by atoms with Gasteiger partial charge in [-0.05, 0) is 30.5 Å². The highest BCUT2D eigenvalue weighted by Crippen LogP contribution is 2.23. The third-order valence-electron chi connectivity index (χ3n) is 2.09. The highest BCUT2D eigenvalue weighted by molar-refractivity contribution is 7.97. The quantitative estimate of drug-likeness (QED) is 0.541. The lowest BCUT2D eigenvalue weighted by Gasteiger charge is -2.19. The van der Waals surface area contributed by atoms with E-state index in [-0.39, 0.29) is 5.91 Å². The normalized spacial score (nSPS) is 9.65. The van der Waals surface area contributed by atoms with Crippen molar-refractivity contribution < 1.29 is 4.79 Å². The van der Waals surface area contributed by atoms with Gasteiger partial charge in [-0.3, -0.25) is 9.10 Å². The van der Waals surface area contributed by atoms with E-state index in [0.29, 0.717) is 19.4 Å². The molecule has 0 radical (unpaired) electrons. The molecule has 90 valence electrons. The smallest absolute Gasteiger partial charge is 0.233 e. The number of hydrogen-bond donors (Lipinski definition) is 0. The molecule has 0 saturated carbocycles. The fourth-order valence-corrected chi connectivity index (χ4v) is 2.17. The molecule has 0 aliphatic carbocycles. The molecule has 17 heavy (non-hydrogen) atoms. The molecular formula is C14H17NOS. The fraction of sp³-hybridized carbons (Fsp3) is 0.214. The van der Waals surface area contributed by atoms with Crippen LogP contribution in [0.5, 0.6) is 0 Å². The zero-order valence-corrected chi connectivity index (χ0v) is 10.7. The summed E-state index contributed by atoms with van der Waals surface area (Å²) >= 11 is 1.45. The fourth-order valence-electron chi connectivity index (χ4n) is 1.27. The number of allylic oxidation sites excluding steroid dienone is 1. The van der Waals surface area contributed by atoms with Crippen molar-refractivity contribution in [2.75, 3.05) is 6.54 Å². The molecule has 1 amide bonds. The second-order valence-corrected chi connectivity index (χ2v) is 4.57. The number of carbonyl (C=O) groups excluding carboxylic acids is 1. The van der Waals surface area contributed by atoms with Crippen LogP contribution in [0.25, 0.3) is 0 Å². The zero-order chi connectivity index (χ0) is 12.5. The summed E-state index contributed by atoms with van der Waals surface area (Å²) in [5.41, 5.74) is 0. The average Bonchev–Trinajstić information content (AvgIpc) is 2.36. The minimum atomic E-state index is 0.110. The Labute approximate surface area is 107 Å². The highest BCUT2D eigenvalue weighted by Gasteiger charge is 2.12. The lowest BCUT2D eigenvalue weighted by atomic mass is 10.3. The van der Waals surface area contributed by atoms with E-state index in [1.165, 1.54) is 11.9 Å².